The molecular weight excluding hydrogens is 435 g/mol. The fraction of sp³-hybridized carbons (Fsp3) is 0.381. The number of hydrogen-bond acceptors (Lipinski definition) is 8. The van der Waals surface area contributed by atoms with Crippen LogP contribution < -0.4 is 16.0 Å². The van der Waals surface area contributed by atoms with Crippen LogP contribution in [0.25, 0.3) is 17.2 Å². The zero-order valence-electron chi connectivity index (χ0n) is 18.2. The lowest BCUT2D eigenvalue weighted by Crippen LogP contribution is -2.66. The minimum absolute atomic E-state index is 0.0342. The van der Waals surface area contributed by atoms with Crippen LogP contribution in [0.1, 0.15) is 26.5 Å². The number of hydrogen-bond donors (Lipinski definition) is 3. The molecule has 1 fully saturated rings. The Kier molecular flexibility index (Phi) is 5.78. The van der Waals surface area contributed by atoms with Crippen LogP contribution in [0.2, 0.25) is 0 Å². The Labute approximate surface area is 188 Å². The summed E-state index contributed by atoms with van der Waals surface area (Å²) in [4.78, 5) is 18.7. The molecule has 1 saturated heterocycles. The number of anilines is 1. The summed E-state index contributed by atoms with van der Waals surface area (Å²) in [5.41, 5.74) is 5.93. The molecule has 1 aliphatic heterocycles. The summed E-state index contributed by atoms with van der Waals surface area (Å²) < 4.78 is 40.8. The standard InChI is InChI=1S/C21H24F3N9/c1-11-12(2)33(13(3)19(30-11)14(6-25)7-26)17-4-5-27-20(31-17)15-8-29-18-9-28-16(10-32(15)18)21(22,23)24/h4-13,19,25,30H,26H2,1-3H3/b14-7+,25-6?. The van der Waals surface area contributed by atoms with Gasteiger partial charge in [-0.1, -0.05) is 0 Å². The maximum Gasteiger partial charge on any atom is 0.434 e. The average molecular weight is 459 g/mol. The normalized spacial score (nSPS) is 24.3. The van der Waals surface area contributed by atoms with Crippen LogP contribution in [0, 0.1) is 5.41 Å². The molecule has 1 aliphatic rings. The molecule has 4 atom stereocenters. The highest BCUT2D eigenvalue weighted by atomic mass is 19.4. The van der Waals surface area contributed by atoms with Crippen molar-refractivity contribution >= 4 is 17.7 Å². The molecule has 9 nitrogen and oxygen atoms in total. The number of aromatic nitrogens is 5. The third-order valence-electron chi connectivity index (χ3n) is 6.07. The third-order valence-corrected chi connectivity index (χ3v) is 6.07. The second kappa shape index (κ2) is 8.43. The number of rotatable bonds is 4. The van der Waals surface area contributed by atoms with E-state index in [1.807, 2.05) is 13.8 Å². The van der Waals surface area contributed by atoms with E-state index >= 15 is 0 Å². The lowest BCUT2D eigenvalue weighted by atomic mass is 9.92. The van der Waals surface area contributed by atoms with Gasteiger partial charge in [-0.05, 0) is 26.8 Å². The summed E-state index contributed by atoms with van der Waals surface area (Å²) in [6.45, 7) is 6.09. The molecule has 0 bridgehead atoms. The van der Waals surface area contributed by atoms with Gasteiger partial charge in [-0.25, -0.2) is 19.9 Å². The number of imidazole rings is 1. The SMILES string of the molecule is CC1NC(/C(C=N)=C/N)C(C)N(c2ccnc(-c3cnc4cnc(C(F)(F)F)cn34)n2)C1C. The van der Waals surface area contributed by atoms with Crippen molar-refractivity contribution in [1.82, 2.24) is 29.7 Å². The number of fused-ring (bicyclic) bond motifs is 1. The van der Waals surface area contributed by atoms with Gasteiger partial charge in [0.25, 0.3) is 0 Å². The summed E-state index contributed by atoms with van der Waals surface area (Å²) >= 11 is 0. The molecule has 0 aromatic carbocycles. The smallest absolute Gasteiger partial charge is 0.404 e. The van der Waals surface area contributed by atoms with E-state index in [0.29, 0.717) is 17.1 Å². The van der Waals surface area contributed by atoms with Gasteiger partial charge in [0.1, 0.15) is 11.5 Å². The molecule has 4 rings (SSSR count). The Hall–Kier alpha value is -3.54. The zero-order valence-corrected chi connectivity index (χ0v) is 18.2. The van der Waals surface area contributed by atoms with E-state index in [0.717, 1.165) is 12.4 Å². The average Bonchev–Trinajstić information content (AvgIpc) is 3.21. The highest BCUT2D eigenvalue weighted by Gasteiger charge is 2.38. The van der Waals surface area contributed by atoms with Crippen molar-refractivity contribution in [2.75, 3.05) is 4.90 Å². The first-order valence-corrected chi connectivity index (χ1v) is 10.4. The predicted molar refractivity (Wildman–Crippen MR) is 118 cm³/mol. The second-order valence-electron chi connectivity index (χ2n) is 8.01. The van der Waals surface area contributed by atoms with Gasteiger partial charge in [0.15, 0.2) is 17.2 Å². The van der Waals surface area contributed by atoms with Crippen molar-refractivity contribution in [3.8, 4) is 11.5 Å². The Bertz CT molecular complexity index is 1200. The molecule has 33 heavy (non-hydrogen) atoms. The number of nitrogens with two attached hydrogens (primary N) is 1. The van der Waals surface area contributed by atoms with E-state index < -0.39 is 11.9 Å². The Balaban J connectivity index is 1.77. The fourth-order valence-corrected chi connectivity index (χ4v) is 4.19. The van der Waals surface area contributed by atoms with Gasteiger partial charge in [-0.2, -0.15) is 13.2 Å². The van der Waals surface area contributed by atoms with E-state index in [1.54, 1.807) is 12.3 Å². The van der Waals surface area contributed by atoms with E-state index in [1.165, 1.54) is 23.0 Å². The molecule has 3 aromatic rings. The number of piperazine rings is 1. The van der Waals surface area contributed by atoms with Crippen molar-refractivity contribution in [3.63, 3.8) is 0 Å². The Morgan fingerprint density at radius 1 is 1.15 bits per heavy atom. The topological polar surface area (TPSA) is 121 Å². The maximum atomic E-state index is 13.2. The summed E-state index contributed by atoms with van der Waals surface area (Å²) in [7, 11) is 0. The van der Waals surface area contributed by atoms with Crippen molar-refractivity contribution in [2.24, 2.45) is 5.73 Å². The number of nitrogens with zero attached hydrogens (tertiary/aromatic N) is 6. The summed E-state index contributed by atoms with van der Waals surface area (Å²) in [5.74, 6) is 0.850. The maximum absolute atomic E-state index is 13.2. The van der Waals surface area contributed by atoms with Gasteiger partial charge in [0, 0.05) is 48.5 Å². The first kappa shape index (κ1) is 22.6. The minimum atomic E-state index is -4.58. The van der Waals surface area contributed by atoms with Crippen LogP contribution in [-0.4, -0.2) is 54.7 Å². The lowest BCUT2D eigenvalue weighted by molar-refractivity contribution is -0.141. The molecule has 174 valence electrons. The van der Waals surface area contributed by atoms with Gasteiger partial charge in [0.05, 0.1) is 18.4 Å². The van der Waals surface area contributed by atoms with E-state index in [2.05, 4.69) is 37.1 Å². The number of nitrogens with one attached hydrogen (secondary N) is 2. The highest BCUT2D eigenvalue weighted by molar-refractivity contribution is 5.78. The summed E-state index contributed by atoms with van der Waals surface area (Å²) in [6.07, 6.45) is 3.02. The monoisotopic (exact) mass is 459 g/mol. The number of halogens is 3. The largest absolute Gasteiger partial charge is 0.434 e. The van der Waals surface area contributed by atoms with Crippen molar-refractivity contribution < 1.29 is 13.2 Å². The van der Waals surface area contributed by atoms with Crippen molar-refractivity contribution in [1.29, 1.82) is 5.41 Å². The fourth-order valence-electron chi connectivity index (χ4n) is 4.19. The molecule has 3 aromatic heterocycles. The van der Waals surface area contributed by atoms with Gasteiger partial charge in [-0.3, -0.25) is 4.40 Å². The van der Waals surface area contributed by atoms with E-state index in [-0.39, 0.29) is 35.6 Å². The van der Waals surface area contributed by atoms with Crippen LogP contribution in [0.4, 0.5) is 19.0 Å². The van der Waals surface area contributed by atoms with Gasteiger partial charge in [-0.15, -0.1) is 0 Å². The van der Waals surface area contributed by atoms with E-state index in [4.69, 9.17) is 11.1 Å². The first-order valence-electron chi connectivity index (χ1n) is 10.4. The van der Waals surface area contributed by atoms with Crippen LogP contribution in [0.15, 0.2) is 42.6 Å². The molecule has 4 N–H and O–H groups in total. The molecule has 0 amide bonds. The van der Waals surface area contributed by atoms with Crippen molar-refractivity contribution in [3.05, 3.63) is 48.3 Å². The Morgan fingerprint density at radius 2 is 1.91 bits per heavy atom. The lowest BCUT2D eigenvalue weighted by Gasteiger charge is -2.48. The summed E-state index contributed by atoms with van der Waals surface area (Å²) in [6, 6.07) is 1.53. The van der Waals surface area contributed by atoms with Crippen LogP contribution in [-0.2, 0) is 6.18 Å². The molecular formula is C21H24F3N9. The minimum Gasteiger partial charge on any atom is -0.404 e. The molecule has 0 saturated carbocycles. The molecule has 12 heteroatoms. The molecule has 4 heterocycles. The molecule has 0 spiro atoms. The van der Waals surface area contributed by atoms with Gasteiger partial charge in [0.2, 0.25) is 0 Å². The zero-order chi connectivity index (χ0) is 23.9. The number of alkyl halides is 3. The van der Waals surface area contributed by atoms with Crippen LogP contribution in [0.3, 0.4) is 0 Å². The third kappa shape index (κ3) is 4.01. The van der Waals surface area contributed by atoms with E-state index in [9.17, 15) is 13.2 Å². The van der Waals surface area contributed by atoms with Crippen LogP contribution in [0.5, 0.6) is 0 Å². The van der Waals surface area contributed by atoms with Gasteiger partial charge >= 0.3 is 6.18 Å². The van der Waals surface area contributed by atoms with Gasteiger partial charge < -0.3 is 21.4 Å². The second-order valence-corrected chi connectivity index (χ2v) is 8.01. The molecule has 0 radical (unpaired) electrons. The Morgan fingerprint density at radius 3 is 2.58 bits per heavy atom. The quantitative estimate of drug-likeness (QED) is 0.513. The van der Waals surface area contributed by atoms with Crippen molar-refractivity contribution in [2.45, 2.75) is 51.1 Å². The summed E-state index contributed by atoms with van der Waals surface area (Å²) in [5, 5.41) is 11.2. The predicted octanol–water partition coefficient (Wildman–Crippen LogP) is 2.64. The molecule has 0 aliphatic carbocycles. The first-order chi connectivity index (χ1) is 15.7. The molecule has 4 unspecified atom stereocenters. The highest BCUT2D eigenvalue weighted by Crippen LogP contribution is 2.30. The van der Waals surface area contributed by atoms with Crippen LogP contribution >= 0.6 is 0 Å².